The molecule has 138 valence electrons. The molecule has 2 N–H and O–H groups in total. The van der Waals surface area contributed by atoms with Gasteiger partial charge in [0.2, 0.25) is 0 Å². The average molecular weight is 393 g/mol. The van der Waals surface area contributed by atoms with Crippen LogP contribution in [0.3, 0.4) is 0 Å². The molecular formula is C19H21ClN2O3S. The van der Waals surface area contributed by atoms with E-state index in [2.05, 4.69) is 17.6 Å². The number of ether oxygens (including phenoxy) is 1. The van der Waals surface area contributed by atoms with Gasteiger partial charge in [0.05, 0.1) is 12.2 Å². The number of fused-ring (bicyclic) bond motifs is 1. The maximum atomic E-state index is 12.5. The van der Waals surface area contributed by atoms with Crippen LogP contribution >= 0.6 is 22.9 Å². The number of amides is 2. The van der Waals surface area contributed by atoms with E-state index >= 15 is 0 Å². The van der Waals surface area contributed by atoms with Crippen LogP contribution in [0.15, 0.2) is 24.3 Å². The van der Waals surface area contributed by atoms with E-state index in [0.717, 1.165) is 29.7 Å². The van der Waals surface area contributed by atoms with Crippen LogP contribution in [0.25, 0.3) is 0 Å². The predicted molar refractivity (Wildman–Crippen MR) is 106 cm³/mol. The number of nitrogens with one attached hydrogen (secondary N) is 2. The van der Waals surface area contributed by atoms with Gasteiger partial charge in [-0.05, 0) is 55.9 Å². The summed E-state index contributed by atoms with van der Waals surface area (Å²) in [5.74, 6) is 0.196. The molecule has 0 fully saturated rings. The maximum Gasteiger partial charge on any atom is 0.341 e. The third-order valence-electron chi connectivity index (χ3n) is 4.30. The Labute approximate surface area is 161 Å². The lowest BCUT2D eigenvalue weighted by atomic mass is 9.88. The molecule has 2 aromatic rings. The second-order valence-electron chi connectivity index (χ2n) is 6.37. The summed E-state index contributed by atoms with van der Waals surface area (Å²) in [4.78, 5) is 26.0. The quantitative estimate of drug-likeness (QED) is 0.689. The molecular weight excluding hydrogens is 372 g/mol. The minimum absolute atomic E-state index is 0.300. The van der Waals surface area contributed by atoms with Gasteiger partial charge < -0.3 is 10.1 Å². The highest BCUT2D eigenvalue weighted by Crippen LogP contribution is 2.40. The second kappa shape index (κ2) is 8.10. The summed E-state index contributed by atoms with van der Waals surface area (Å²) in [6.07, 6.45) is 2.78. The van der Waals surface area contributed by atoms with Crippen LogP contribution in [0, 0.1) is 5.92 Å². The molecule has 2 amide bonds. The van der Waals surface area contributed by atoms with E-state index in [0.29, 0.717) is 33.8 Å². The fraction of sp³-hybridized carbons (Fsp3) is 0.368. The summed E-state index contributed by atoms with van der Waals surface area (Å²) in [6.45, 7) is 4.28. The second-order valence-corrected chi connectivity index (χ2v) is 7.91. The van der Waals surface area contributed by atoms with Gasteiger partial charge in [-0.25, -0.2) is 9.59 Å². The van der Waals surface area contributed by atoms with E-state index < -0.39 is 6.03 Å². The molecule has 0 radical (unpaired) electrons. The Kier molecular flexibility index (Phi) is 5.84. The number of carbonyl (C=O) groups is 2. The molecule has 26 heavy (non-hydrogen) atoms. The van der Waals surface area contributed by atoms with Crippen molar-refractivity contribution in [1.29, 1.82) is 0 Å². The first-order valence-corrected chi connectivity index (χ1v) is 9.82. The Bertz CT molecular complexity index is 834. The van der Waals surface area contributed by atoms with Gasteiger partial charge in [0, 0.05) is 15.6 Å². The lowest BCUT2D eigenvalue weighted by Crippen LogP contribution is -2.21. The number of esters is 1. The number of rotatable bonds is 4. The summed E-state index contributed by atoms with van der Waals surface area (Å²) >= 11 is 7.40. The largest absolute Gasteiger partial charge is 0.462 e. The fourth-order valence-electron chi connectivity index (χ4n) is 3.09. The Hall–Kier alpha value is -2.05. The summed E-state index contributed by atoms with van der Waals surface area (Å²) < 4.78 is 5.21. The number of urea groups is 1. The zero-order chi connectivity index (χ0) is 18.7. The van der Waals surface area contributed by atoms with Crippen molar-refractivity contribution < 1.29 is 14.3 Å². The van der Waals surface area contributed by atoms with Crippen molar-refractivity contribution in [1.82, 2.24) is 0 Å². The van der Waals surface area contributed by atoms with Crippen LogP contribution in [-0.2, 0) is 17.6 Å². The van der Waals surface area contributed by atoms with Crippen molar-refractivity contribution in [2.75, 3.05) is 17.2 Å². The number of halogens is 1. The van der Waals surface area contributed by atoms with E-state index in [1.54, 1.807) is 31.2 Å². The highest BCUT2D eigenvalue weighted by atomic mass is 35.5. The fourth-order valence-corrected chi connectivity index (χ4v) is 4.67. The van der Waals surface area contributed by atoms with Gasteiger partial charge in [-0.1, -0.05) is 24.6 Å². The monoisotopic (exact) mass is 392 g/mol. The molecule has 1 aliphatic rings. The number of hydrogen-bond donors (Lipinski definition) is 2. The number of carbonyl (C=O) groups excluding carboxylic acids is 2. The molecule has 1 aromatic heterocycles. The minimum atomic E-state index is -0.413. The Balaban J connectivity index is 1.84. The standard InChI is InChI=1S/C19H21ClN2O3S/c1-3-25-18(23)16-14-8-7-11(2)9-15(14)26-17(16)22-19(24)21-13-6-4-5-12(20)10-13/h4-6,10-11H,3,7-9H2,1-2H3,(H2,21,22,24). The van der Waals surface area contributed by atoms with Crippen LogP contribution in [0.1, 0.15) is 41.1 Å². The zero-order valence-corrected chi connectivity index (χ0v) is 16.3. The highest BCUT2D eigenvalue weighted by molar-refractivity contribution is 7.17. The topological polar surface area (TPSA) is 67.4 Å². The van der Waals surface area contributed by atoms with Gasteiger partial charge in [0.1, 0.15) is 5.00 Å². The minimum Gasteiger partial charge on any atom is -0.462 e. The van der Waals surface area contributed by atoms with E-state index in [-0.39, 0.29) is 5.97 Å². The molecule has 1 aromatic carbocycles. The van der Waals surface area contributed by atoms with Gasteiger partial charge in [-0.3, -0.25) is 5.32 Å². The molecule has 0 saturated heterocycles. The van der Waals surface area contributed by atoms with Gasteiger partial charge in [0.15, 0.2) is 0 Å². The normalized spacial score (nSPS) is 15.9. The third-order valence-corrected chi connectivity index (χ3v) is 5.71. The van der Waals surface area contributed by atoms with Crippen LogP contribution < -0.4 is 10.6 Å². The molecule has 1 atom stereocenters. The molecule has 7 heteroatoms. The number of anilines is 2. The number of thiophene rings is 1. The molecule has 0 aliphatic heterocycles. The van der Waals surface area contributed by atoms with Crippen molar-refractivity contribution in [3.63, 3.8) is 0 Å². The molecule has 0 saturated carbocycles. The van der Waals surface area contributed by atoms with Gasteiger partial charge in [-0.2, -0.15) is 0 Å². The van der Waals surface area contributed by atoms with Crippen molar-refractivity contribution in [2.24, 2.45) is 5.92 Å². The van der Waals surface area contributed by atoms with E-state index in [9.17, 15) is 9.59 Å². The van der Waals surface area contributed by atoms with Crippen molar-refractivity contribution >= 4 is 45.6 Å². The summed E-state index contributed by atoms with van der Waals surface area (Å²) in [5.41, 5.74) is 2.10. The van der Waals surface area contributed by atoms with Crippen molar-refractivity contribution in [3.8, 4) is 0 Å². The van der Waals surface area contributed by atoms with Crippen molar-refractivity contribution in [3.05, 3.63) is 45.3 Å². The number of benzene rings is 1. The molecule has 1 heterocycles. The van der Waals surface area contributed by atoms with Crippen LogP contribution in [0.4, 0.5) is 15.5 Å². The Morgan fingerprint density at radius 2 is 2.15 bits per heavy atom. The Morgan fingerprint density at radius 1 is 1.35 bits per heavy atom. The third kappa shape index (κ3) is 4.19. The lowest BCUT2D eigenvalue weighted by molar-refractivity contribution is 0.0526. The van der Waals surface area contributed by atoms with E-state index in [1.807, 2.05) is 0 Å². The first-order valence-electron chi connectivity index (χ1n) is 8.63. The summed E-state index contributed by atoms with van der Waals surface area (Å²) in [7, 11) is 0. The highest BCUT2D eigenvalue weighted by Gasteiger charge is 2.29. The molecule has 5 nitrogen and oxygen atoms in total. The zero-order valence-electron chi connectivity index (χ0n) is 14.7. The van der Waals surface area contributed by atoms with Crippen LogP contribution in [-0.4, -0.2) is 18.6 Å². The Morgan fingerprint density at radius 3 is 2.88 bits per heavy atom. The predicted octanol–water partition coefficient (Wildman–Crippen LogP) is 5.35. The van der Waals surface area contributed by atoms with Gasteiger partial charge in [0.25, 0.3) is 0 Å². The van der Waals surface area contributed by atoms with Crippen LogP contribution in [0.2, 0.25) is 5.02 Å². The average Bonchev–Trinajstić information content (AvgIpc) is 2.91. The van der Waals surface area contributed by atoms with E-state index in [1.165, 1.54) is 11.3 Å². The van der Waals surface area contributed by atoms with Gasteiger partial charge in [-0.15, -0.1) is 11.3 Å². The first kappa shape index (κ1) is 18.7. The summed E-state index contributed by atoms with van der Waals surface area (Å²) in [5, 5.41) is 6.63. The smallest absolute Gasteiger partial charge is 0.341 e. The number of hydrogen-bond acceptors (Lipinski definition) is 4. The molecule has 1 unspecified atom stereocenters. The van der Waals surface area contributed by atoms with Crippen molar-refractivity contribution in [2.45, 2.75) is 33.1 Å². The SMILES string of the molecule is CCOC(=O)c1c(NC(=O)Nc2cccc(Cl)c2)sc2c1CCC(C)C2. The van der Waals surface area contributed by atoms with Crippen LogP contribution in [0.5, 0.6) is 0 Å². The molecule has 1 aliphatic carbocycles. The molecule has 0 spiro atoms. The first-order chi connectivity index (χ1) is 12.5. The van der Waals surface area contributed by atoms with Gasteiger partial charge >= 0.3 is 12.0 Å². The lowest BCUT2D eigenvalue weighted by Gasteiger charge is -2.18. The molecule has 0 bridgehead atoms. The summed E-state index contributed by atoms with van der Waals surface area (Å²) in [6, 6.07) is 6.49. The maximum absolute atomic E-state index is 12.5. The molecule has 3 rings (SSSR count). The van der Waals surface area contributed by atoms with E-state index in [4.69, 9.17) is 16.3 Å².